The van der Waals surface area contributed by atoms with Crippen LogP contribution in [0, 0.1) is 5.92 Å². The summed E-state index contributed by atoms with van der Waals surface area (Å²) in [4.78, 5) is 32.6. The van der Waals surface area contributed by atoms with Gasteiger partial charge >= 0.3 is 5.97 Å². The van der Waals surface area contributed by atoms with Crippen LogP contribution in [0.25, 0.3) is 43.2 Å². The molecule has 8 aromatic rings. The Morgan fingerprint density at radius 3 is 2.33 bits per heavy atom. The third-order valence-corrected chi connectivity index (χ3v) is 10.4. The molecule has 0 radical (unpaired) electrons. The average Bonchev–Trinajstić information content (AvgIpc) is 3.18. The van der Waals surface area contributed by atoms with E-state index in [1.54, 1.807) is 18.5 Å². The van der Waals surface area contributed by atoms with Crippen LogP contribution in [-0.4, -0.2) is 31.9 Å². The molecule has 2 aromatic heterocycles. The van der Waals surface area contributed by atoms with Crippen LogP contribution < -0.4 is 0 Å². The second-order valence-corrected chi connectivity index (χ2v) is 13.7. The Labute approximate surface area is 305 Å². The van der Waals surface area contributed by atoms with Crippen molar-refractivity contribution < 1.29 is 19.8 Å². The van der Waals surface area contributed by atoms with E-state index in [9.17, 15) is 14.7 Å². The summed E-state index contributed by atoms with van der Waals surface area (Å²) < 4.78 is 0. The van der Waals surface area contributed by atoms with Crippen molar-refractivity contribution in [2.75, 3.05) is 0 Å². The van der Waals surface area contributed by atoms with E-state index in [2.05, 4.69) is 40.3 Å². The number of hydrogen-bond acceptors (Lipinski definition) is 5. The number of carboxylic acid groups (broad SMARTS) is 1. The molecule has 6 aromatic carbocycles. The predicted molar refractivity (Wildman–Crippen MR) is 208 cm³/mol. The molecule has 0 fully saturated rings. The molecule has 6 nitrogen and oxygen atoms in total. The van der Waals surface area contributed by atoms with Crippen molar-refractivity contribution in [1.29, 1.82) is 0 Å². The van der Waals surface area contributed by atoms with Crippen molar-refractivity contribution in [1.82, 2.24) is 9.97 Å². The van der Waals surface area contributed by atoms with Crippen LogP contribution in [0.5, 0.6) is 5.75 Å². The Balaban J connectivity index is 0.000000190. The summed E-state index contributed by atoms with van der Waals surface area (Å²) in [6.45, 7) is 0. The zero-order valence-corrected chi connectivity index (χ0v) is 28.8. The van der Waals surface area contributed by atoms with Crippen LogP contribution in [0.1, 0.15) is 49.4 Å². The van der Waals surface area contributed by atoms with Gasteiger partial charge in [0.25, 0.3) is 0 Å². The Morgan fingerprint density at radius 1 is 0.750 bits per heavy atom. The third-order valence-electron chi connectivity index (χ3n) is 10.1. The summed E-state index contributed by atoms with van der Waals surface area (Å²) in [5.41, 5.74) is 6.34. The summed E-state index contributed by atoms with van der Waals surface area (Å²) in [6, 6.07) is 37.1. The zero-order valence-electron chi connectivity index (χ0n) is 28.1. The number of Topliss-reactive ketones (excluding diaryl/α,β-unsaturated/α-hetero) is 1. The molecule has 7 heteroatoms. The van der Waals surface area contributed by atoms with Crippen LogP contribution in [-0.2, 0) is 19.3 Å². The number of aromatic hydroxyl groups is 1. The summed E-state index contributed by atoms with van der Waals surface area (Å²) in [6.07, 6.45) is 8.12. The van der Waals surface area contributed by atoms with Crippen LogP contribution in [0.15, 0.2) is 134 Å². The van der Waals surface area contributed by atoms with Crippen molar-refractivity contribution in [2.45, 2.75) is 25.7 Å². The smallest absolute Gasteiger partial charge is 0.336 e. The maximum Gasteiger partial charge on any atom is 0.336 e. The molecule has 9 rings (SSSR count). The van der Waals surface area contributed by atoms with Gasteiger partial charge in [-0.2, -0.15) is 0 Å². The summed E-state index contributed by atoms with van der Waals surface area (Å²) >= 11 is 6.02. The lowest BCUT2D eigenvalue weighted by Crippen LogP contribution is -2.23. The second kappa shape index (κ2) is 13.9. The third kappa shape index (κ3) is 6.34. The summed E-state index contributed by atoms with van der Waals surface area (Å²) in [7, 11) is 0. The normalized spacial score (nSPS) is 13.8. The molecule has 254 valence electrons. The largest absolute Gasteiger partial charge is 0.508 e. The average molecular weight is 701 g/mol. The van der Waals surface area contributed by atoms with Crippen LogP contribution >= 0.6 is 11.6 Å². The number of pyridine rings is 2. The number of carbonyl (C=O) groups excluding carboxylic acids is 1. The molecule has 1 atom stereocenters. The number of aromatic nitrogens is 2. The van der Waals surface area contributed by atoms with Gasteiger partial charge in [-0.1, -0.05) is 90.5 Å². The van der Waals surface area contributed by atoms with Crippen molar-refractivity contribution >= 4 is 66.6 Å². The fourth-order valence-corrected chi connectivity index (χ4v) is 7.60. The minimum absolute atomic E-state index is 0.00125. The number of nitrogens with zero attached hydrogens (tertiary/aromatic N) is 2. The minimum atomic E-state index is -0.944. The first kappa shape index (κ1) is 33.1. The monoisotopic (exact) mass is 700 g/mol. The number of phenols is 1. The lowest BCUT2D eigenvalue weighted by molar-refractivity contribution is 0.0698. The van der Waals surface area contributed by atoms with E-state index in [0.717, 1.165) is 62.9 Å². The molecule has 0 saturated carbocycles. The molecule has 1 aliphatic rings. The number of fused-ring (bicyclic) bond motifs is 8. The maximum absolute atomic E-state index is 13.2. The van der Waals surface area contributed by atoms with Gasteiger partial charge in [-0.25, -0.2) is 4.79 Å². The summed E-state index contributed by atoms with van der Waals surface area (Å²) in [5, 5.41) is 27.7. The Morgan fingerprint density at radius 2 is 1.52 bits per heavy atom. The molecule has 0 bridgehead atoms. The van der Waals surface area contributed by atoms with Crippen molar-refractivity contribution in [2.24, 2.45) is 5.92 Å². The highest BCUT2D eigenvalue weighted by atomic mass is 35.5. The van der Waals surface area contributed by atoms with E-state index in [0.29, 0.717) is 28.1 Å². The van der Waals surface area contributed by atoms with Gasteiger partial charge in [0, 0.05) is 52.3 Å². The van der Waals surface area contributed by atoms with E-state index in [4.69, 9.17) is 16.7 Å². The molecule has 1 unspecified atom stereocenters. The number of carbonyl (C=O) groups is 2. The minimum Gasteiger partial charge on any atom is -0.508 e. The predicted octanol–water partition coefficient (Wildman–Crippen LogP) is 10.4. The molecule has 2 heterocycles. The lowest BCUT2D eigenvalue weighted by atomic mass is 9.78. The van der Waals surface area contributed by atoms with Gasteiger partial charge < -0.3 is 10.2 Å². The van der Waals surface area contributed by atoms with Crippen LogP contribution in [0.3, 0.4) is 0 Å². The first-order valence-electron chi connectivity index (χ1n) is 17.2. The van der Waals surface area contributed by atoms with Gasteiger partial charge in [0.05, 0.1) is 11.1 Å². The molecule has 2 N–H and O–H groups in total. The SMILES string of the molecule is O=C(O)c1ccnc2c1ccc1ccncc12.O=C(c1ccccc1)C1CCc2ccc3c(ccc4cc(Cc5ccc(Cl)cc5)c(O)cc43)c2C1. The quantitative estimate of drug-likeness (QED) is 0.137. The number of hydrogen-bond donors (Lipinski definition) is 2. The lowest BCUT2D eigenvalue weighted by Gasteiger charge is -2.25. The van der Waals surface area contributed by atoms with Gasteiger partial charge in [0.15, 0.2) is 5.78 Å². The first-order chi connectivity index (χ1) is 25.3. The van der Waals surface area contributed by atoms with Crippen LogP contribution in [0.4, 0.5) is 0 Å². The number of rotatable bonds is 5. The van der Waals surface area contributed by atoms with E-state index >= 15 is 0 Å². The molecular formula is C45H33ClN2O4. The molecule has 0 aliphatic heterocycles. The number of phenolic OH excluding ortho intramolecular Hbond substituents is 1. The Kier molecular flexibility index (Phi) is 8.83. The number of carboxylic acids is 1. The van der Waals surface area contributed by atoms with Crippen LogP contribution in [0.2, 0.25) is 5.02 Å². The second-order valence-electron chi connectivity index (χ2n) is 13.3. The fourth-order valence-electron chi connectivity index (χ4n) is 7.48. The highest BCUT2D eigenvalue weighted by Crippen LogP contribution is 2.38. The molecular weight excluding hydrogens is 668 g/mol. The standard InChI is InChI=1S/C32H25ClO2.C13H8N2O2/c33-26-12-6-20(7-13-26)16-25-17-23-11-15-27-28(30(23)19-31(25)34)14-10-21-8-9-24(18-29(21)27)32(35)22-4-2-1-3-5-22;16-13(17)10-4-6-15-12-9(10)2-1-8-3-5-14-7-11(8)12/h1-7,10-15,17,19,24,34H,8-9,16,18H2;1-7H,(H,16,17). The topological polar surface area (TPSA) is 100 Å². The van der Waals surface area contributed by atoms with E-state index in [-0.39, 0.29) is 17.3 Å². The number of halogens is 1. The maximum atomic E-state index is 13.2. The van der Waals surface area contributed by atoms with Gasteiger partial charge in [0.1, 0.15) is 5.75 Å². The number of aromatic carboxylic acids is 1. The van der Waals surface area contributed by atoms with Gasteiger partial charge in [-0.05, 0) is 105 Å². The van der Waals surface area contributed by atoms with Crippen molar-refractivity contribution in [3.05, 3.63) is 172 Å². The molecule has 52 heavy (non-hydrogen) atoms. The van der Waals surface area contributed by atoms with Crippen molar-refractivity contribution in [3.63, 3.8) is 0 Å². The van der Waals surface area contributed by atoms with Gasteiger partial charge in [-0.3, -0.25) is 14.8 Å². The van der Waals surface area contributed by atoms with E-state index < -0.39 is 5.97 Å². The van der Waals surface area contributed by atoms with Gasteiger partial charge in [0.2, 0.25) is 0 Å². The fraction of sp³-hybridized carbons (Fsp3) is 0.111. The highest BCUT2D eigenvalue weighted by Gasteiger charge is 2.27. The molecule has 0 spiro atoms. The Hall–Kier alpha value is -6.11. The number of aryl methyl sites for hydroxylation is 1. The van der Waals surface area contributed by atoms with E-state index in [1.165, 1.54) is 28.8 Å². The number of benzene rings is 6. The van der Waals surface area contributed by atoms with Gasteiger partial charge in [-0.15, -0.1) is 0 Å². The zero-order chi connectivity index (χ0) is 35.8. The Bertz CT molecular complexity index is 2660. The van der Waals surface area contributed by atoms with Crippen molar-refractivity contribution in [3.8, 4) is 5.75 Å². The summed E-state index contributed by atoms with van der Waals surface area (Å²) in [5.74, 6) is -0.407. The molecule has 0 saturated heterocycles. The molecule has 0 amide bonds. The highest BCUT2D eigenvalue weighted by molar-refractivity contribution is 6.30. The van der Waals surface area contributed by atoms with E-state index in [1.807, 2.05) is 72.8 Å². The molecule has 1 aliphatic carbocycles. The first-order valence-corrected chi connectivity index (χ1v) is 17.6. The number of ketones is 1.